The smallest absolute Gasteiger partial charge is 0.362 e. The van der Waals surface area contributed by atoms with Gasteiger partial charge in [-0.2, -0.15) is 8.42 Å². The summed E-state index contributed by atoms with van der Waals surface area (Å²) >= 11 is 0.922. The number of β-lactam (4-membered cyclic amide) rings is 1. The third-order valence-electron chi connectivity index (χ3n) is 3.73. The maximum atomic E-state index is 12.8. The summed E-state index contributed by atoms with van der Waals surface area (Å²) in [5.41, 5.74) is 3.03. The molecule has 1 aliphatic heterocycles. The van der Waals surface area contributed by atoms with Crippen LogP contribution < -0.4 is 5.73 Å². The van der Waals surface area contributed by atoms with Gasteiger partial charge in [-0.1, -0.05) is 5.16 Å². The molecular formula is C14H18N4O8S2. The van der Waals surface area contributed by atoms with Crippen LogP contribution in [0, 0.1) is 5.92 Å². The second-order valence-corrected chi connectivity index (χ2v) is 8.39. The van der Waals surface area contributed by atoms with Crippen LogP contribution in [0.5, 0.6) is 0 Å². The number of aliphatic carboxylic acids is 1. The largest absolute Gasteiger partial charge is 0.478 e. The van der Waals surface area contributed by atoms with E-state index in [1.807, 2.05) is 0 Å². The molecule has 2 rings (SSSR count). The number of nitrogen functional groups attached to an aromatic ring is 1. The van der Waals surface area contributed by atoms with Crippen molar-refractivity contribution in [2.45, 2.75) is 38.8 Å². The molecule has 4 N–H and O–H groups in total. The summed E-state index contributed by atoms with van der Waals surface area (Å²) in [5.74, 6) is -5.29. The molecule has 28 heavy (non-hydrogen) atoms. The van der Waals surface area contributed by atoms with Gasteiger partial charge in [0.25, 0.3) is 0 Å². The van der Waals surface area contributed by atoms with Crippen LogP contribution in [0.25, 0.3) is 0 Å². The molecule has 1 aliphatic rings. The molecule has 0 aliphatic carbocycles. The fourth-order valence-corrected chi connectivity index (χ4v) is 3.45. The Morgan fingerprint density at radius 2 is 2.18 bits per heavy atom. The van der Waals surface area contributed by atoms with Crippen molar-refractivity contribution >= 4 is 50.1 Å². The first kappa shape index (κ1) is 17.5. The summed E-state index contributed by atoms with van der Waals surface area (Å²) in [7, 11) is -5.16. The maximum Gasteiger partial charge on any atom is 0.362 e. The molecule has 2 atom stereocenters. The van der Waals surface area contributed by atoms with Gasteiger partial charge < -0.3 is 15.7 Å². The molecule has 154 valence electrons. The molecule has 0 unspecified atom stereocenters. The number of anilines is 1. The van der Waals surface area contributed by atoms with Crippen molar-refractivity contribution < 1.29 is 41.4 Å². The number of rotatable bonds is 8. The van der Waals surface area contributed by atoms with Crippen LogP contribution in [0.3, 0.4) is 0 Å². The number of carboxylic acid groups (broad SMARTS) is 1. The lowest BCUT2D eigenvalue weighted by atomic mass is 9.86. The third kappa shape index (κ3) is 4.28. The Morgan fingerprint density at radius 3 is 2.64 bits per heavy atom. The van der Waals surface area contributed by atoms with Gasteiger partial charge in [0, 0.05) is 15.9 Å². The highest BCUT2D eigenvalue weighted by atomic mass is 32.2. The fraction of sp³-hybridized carbons (Fsp3) is 0.500. The lowest BCUT2D eigenvalue weighted by Gasteiger charge is -2.41. The number of hydrogen-bond acceptors (Lipinski definition) is 10. The monoisotopic (exact) mass is 437 g/mol. The zero-order valence-electron chi connectivity index (χ0n) is 17.5. The second-order valence-electron chi connectivity index (χ2n) is 6.21. The van der Waals surface area contributed by atoms with Crippen LogP contribution in [0.15, 0.2) is 10.5 Å². The van der Waals surface area contributed by atoms with Gasteiger partial charge in [0.05, 0.1) is 12.0 Å². The van der Waals surface area contributed by atoms with Crippen LogP contribution in [-0.2, 0) is 29.5 Å². The summed E-state index contributed by atoms with van der Waals surface area (Å²) in [6.45, 7) is -0.723. The van der Waals surface area contributed by atoms with E-state index >= 15 is 0 Å². The number of nitrogens with zero attached hydrogens (tertiary/aromatic N) is 3. The first-order chi connectivity index (χ1) is 14.0. The molecule has 0 bridgehead atoms. The summed E-state index contributed by atoms with van der Waals surface area (Å²) in [6.07, 6.45) is -0.818. The summed E-state index contributed by atoms with van der Waals surface area (Å²) < 4.78 is 54.0. The van der Waals surface area contributed by atoms with E-state index in [0.717, 1.165) is 25.2 Å². The molecule has 1 amide bonds. The molecule has 2 heterocycles. The van der Waals surface area contributed by atoms with Crippen LogP contribution in [0.4, 0.5) is 5.13 Å². The highest BCUT2D eigenvalue weighted by Crippen LogP contribution is 2.32. The highest BCUT2D eigenvalue weighted by Gasteiger charge is 2.51. The normalized spacial score (nSPS) is 22.7. The number of amides is 1. The predicted octanol–water partition coefficient (Wildman–Crippen LogP) is -0.0819. The van der Waals surface area contributed by atoms with E-state index in [9.17, 15) is 22.8 Å². The van der Waals surface area contributed by atoms with Crippen molar-refractivity contribution in [3.8, 4) is 0 Å². The molecule has 0 radical (unpaired) electrons. The molecule has 1 aromatic rings. The SMILES string of the molecule is [2H]C([2H])([2H])[C@H]1[C@H](CC(=O)/C(=N\OC(C)(C)C(=O)O)c2csc(N)n2)C(=O)N1S(=O)(=O)O. The number of nitrogens with two attached hydrogens (primary N) is 1. The first-order valence-corrected chi connectivity index (χ1v) is 9.79. The van der Waals surface area contributed by atoms with Crippen molar-refractivity contribution in [1.29, 1.82) is 0 Å². The van der Waals surface area contributed by atoms with Crippen molar-refractivity contribution in [1.82, 2.24) is 9.29 Å². The zero-order valence-corrected chi connectivity index (χ0v) is 16.2. The maximum absolute atomic E-state index is 12.8. The number of ketones is 1. The van der Waals surface area contributed by atoms with Gasteiger partial charge in [-0.05, 0) is 20.7 Å². The minimum atomic E-state index is -5.16. The number of thiazole rings is 1. The lowest BCUT2D eigenvalue weighted by Crippen LogP contribution is -2.62. The van der Waals surface area contributed by atoms with Gasteiger partial charge in [-0.3, -0.25) is 14.1 Å². The van der Waals surface area contributed by atoms with Gasteiger partial charge in [0.2, 0.25) is 11.5 Å². The average Bonchev–Trinajstić information content (AvgIpc) is 3.00. The first-order valence-electron chi connectivity index (χ1n) is 9.01. The Morgan fingerprint density at radius 1 is 1.54 bits per heavy atom. The Balaban J connectivity index is 2.37. The van der Waals surface area contributed by atoms with Crippen LogP contribution in [0.2, 0.25) is 0 Å². The molecule has 0 saturated carbocycles. The number of aromatic nitrogens is 1. The molecule has 1 fully saturated rings. The van der Waals surface area contributed by atoms with Crippen LogP contribution in [0.1, 0.15) is 36.9 Å². The van der Waals surface area contributed by atoms with Crippen molar-refractivity contribution in [2.24, 2.45) is 11.1 Å². The highest BCUT2D eigenvalue weighted by molar-refractivity contribution is 7.84. The zero-order chi connectivity index (χ0) is 23.9. The number of Topliss-reactive ketones (excluding diaryl/α,β-unsaturated/α-hetero) is 1. The van der Waals surface area contributed by atoms with E-state index < -0.39 is 64.5 Å². The minimum absolute atomic E-state index is 0.0330. The van der Waals surface area contributed by atoms with E-state index in [-0.39, 0.29) is 15.1 Å². The van der Waals surface area contributed by atoms with E-state index in [2.05, 4.69) is 10.1 Å². The number of oxime groups is 1. The lowest BCUT2D eigenvalue weighted by molar-refractivity contribution is -0.161. The minimum Gasteiger partial charge on any atom is -0.478 e. The molecule has 12 nitrogen and oxygen atoms in total. The molecule has 0 spiro atoms. The quantitative estimate of drug-likeness (QED) is 0.214. The van der Waals surface area contributed by atoms with E-state index in [1.54, 1.807) is 0 Å². The Hall–Kier alpha value is -2.58. The van der Waals surface area contributed by atoms with Gasteiger partial charge >= 0.3 is 16.3 Å². The Labute approximate surface area is 168 Å². The van der Waals surface area contributed by atoms with Gasteiger partial charge in [0.1, 0.15) is 5.69 Å². The molecule has 14 heteroatoms. The molecular weight excluding hydrogens is 416 g/mol. The van der Waals surface area contributed by atoms with Crippen LogP contribution in [-0.4, -0.2) is 62.4 Å². The Bertz CT molecular complexity index is 1050. The van der Waals surface area contributed by atoms with Gasteiger partial charge in [-0.15, -0.1) is 11.3 Å². The number of carbonyl (C=O) groups excluding carboxylic acids is 2. The predicted molar refractivity (Wildman–Crippen MR) is 96.8 cm³/mol. The van der Waals surface area contributed by atoms with Crippen molar-refractivity contribution in [2.75, 3.05) is 5.73 Å². The van der Waals surface area contributed by atoms with Crippen molar-refractivity contribution in [3.63, 3.8) is 0 Å². The summed E-state index contributed by atoms with van der Waals surface area (Å²) in [6, 6.07) is -1.97. The van der Waals surface area contributed by atoms with Gasteiger partial charge in [-0.25, -0.2) is 14.1 Å². The van der Waals surface area contributed by atoms with E-state index in [4.69, 9.17) is 24.3 Å². The van der Waals surface area contributed by atoms with E-state index in [0.29, 0.717) is 0 Å². The van der Waals surface area contributed by atoms with Crippen LogP contribution >= 0.6 is 11.3 Å². The van der Waals surface area contributed by atoms with Gasteiger partial charge in [0.15, 0.2) is 16.6 Å². The Kier molecular flexibility index (Phi) is 4.66. The molecule has 0 aromatic carbocycles. The average molecular weight is 437 g/mol. The molecule has 1 saturated heterocycles. The number of carbonyl (C=O) groups is 3. The fourth-order valence-electron chi connectivity index (χ4n) is 2.11. The van der Waals surface area contributed by atoms with Crippen molar-refractivity contribution in [3.05, 3.63) is 11.1 Å². The number of carboxylic acids is 1. The van der Waals surface area contributed by atoms with E-state index in [1.165, 1.54) is 5.38 Å². The second kappa shape index (κ2) is 7.44. The topological polar surface area (TPSA) is 190 Å². The summed E-state index contributed by atoms with van der Waals surface area (Å²) in [4.78, 5) is 44.9. The third-order valence-corrected chi connectivity index (χ3v) is 5.31. The number of hydrogen-bond donors (Lipinski definition) is 3. The standard InChI is InChI=1S/C14H18N4O8S2/c1-6-7(11(20)18(6)28(23,24)25)4-9(19)10(8-5-27-13(15)16-8)17-26-14(2,3)12(21)22/h5-7H,4H2,1-3H3,(H2,15,16)(H,21,22)(H,23,24,25)/b17-10-/t6-,7-/m0/s1/i1D3. The summed E-state index contributed by atoms with van der Waals surface area (Å²) in [5, 5.41) is 14.0. The molecule has 1 aromatic heterocycles.